The van der Waals surface area contributed by atoms with Gasteiger partial charge in [-0.25, -0.2) is 9.48 Å². The van der Waals surface area contributed by atoms with E-state index in [-0.39, 0.29) is 6.03 Å². The fourth-order valence-corrected chi connectivity index (χ4v) is 2.86. The van der Waals surface area contributed by atoms with Crippen LogP contribution < -0.4 is 10.6 Å². The number of aryl methyl sites for hydroxylation is 1. The van der Waals surface area contributed by atoms with Gasteiger partial charge in [-0.1, -0.05) is 19.3 Å². The molecule has 0 spiro atoms. The van der Waals surface area contributed by atoms with Crippen molar-refractivity contribution in [2.75, 3.05) is 5.32 Å². The number of carbonyl (C=O) groups is 1. The van der Waals surface area contributed by atoms with Crippen LogP contribution in [0.15, 0.2) is 36.5 Å². The van der Waals surface area contributed by atoms with Gasteiger partial charge in [-0.2, -0.15) is 5.10 Å². The Morgan fingerprint density at radius 2 is 1.86 bits per heavy atom. The minimum Gasteiger partial charge on any atom is -0.335 e. The normalized spacial score (nSPS) is 15.5. The summed E-state index contributed by atoms with van der Waals surface area (Å²) >= 11 is 0. The van der Waals surface area contributed by atoms with Crippen LogP contribution in [0.1, 0.15) is 37.8 Å². The Morgan fingerprint density at radius 1 is 1.14 bits per heavy atom. The summed E-state index contributed by atoms with van der Waals surface area (Å²) in [5, 5.41) is 10.3. The molecular formula is C17H22N4O. The molecule has 1 aromatic heterocycles. The number of hydrogen-bond donors (Lipinski definition) is 2. The standard InChI is InChI=1S/C17H22N4O/c1-13-11-12-21(20-13)16-9-7-15(8-10-16)19-17(22)18-14-5-3-2-4-6-14/h7-12,14H,2-6H2,1H3,(H2,18,19,22). The molecule has 0 unspecified atom stereocenters. The number of nitrogens with one attached hydrogen (secondary N) is 2. The summed E-state index contributed by atoms with van der Waals surface area (Å²) in [5.74, 6) is 0. The van der Waals surface area contributed by atoms with Crippen LogP contribution in [0.2, 0.25) is 0 Å². The first-order chi connectivity index (χ1) is 10.7. The van der Waals surface area contributed by atoms with E-state index in [1.807, 2.05) is 48.1 Å². The molecular weight excluding hydrogens is 276 g/mol. The molecule has 3 rings (SSSR count). The molecule has 0 radical (unpaired) electrons. The minimum atomic E-state index is -0.116. The maximum Gasteiger partial charge on any atom is 0.319 e. The molecule has 0 atom stereocenters. The molecule has 1 aliphatic rings. The van der Waals surface area contributed by atoms with Crippen LogP contribution in [0.3, 0.4) is 0 Å². The summed E-state index contributed by atoms with van der Waals surface area (Å²) in [4.78, 5) is 12.0. The van der Waals surface area contributed by atoms with Crippen molar-refractivity contribution in [3.05, 3.63) is 42.2 Å². The predicted molar refractivity (Wildman–Crippen MR) is 87.3 cm³/mol. The van der Waals surface area contributed by atoms with Gasteiger partial charge in [0.25, 0.3) is 0 Å². The first-order valence-corrected chi connectivity index (χ1v) is 7.91. The van der Waals surface area contributed by atoms with Gasteiger partial charge >= 0.3 is 6.03 Å². The lowest BCUT2D eigenvalue weighted by atomic mass is 9.96. The summed E-state index contributed by atoms with van der Waals surface area (Å²) in [7, 11) is 0. The van der Waals surface area contributed by atoms with Crippen LogP contribution in [0.25, 0.3) is 5.69 Å². The second kappa shape index (κ2) is 6.64. The number of hydrogen-bond acceptors (Lipinski definition) is 2. The summed E-state index contributed by atoms with van der Waals surface area (Å²) in [5.41, 5.74) is 2.75. The topological polar surface area (TPSA) is 59.0 Å². The van der Waals surface area contributed by atoms with Crippen molar-refractivity contribution < 1.29 is 4.79 Å². The van der Waals surface area contributed by atoms with E-state index in [4.69, 9.17) is 0 Å². The van der Waals surface area contributed by atoms with Crippen molar-refractivity contribution in [1.82, 2.24) is 15.1 Å². The highest BCUT2D eigenvalue weighted by Crippen LogP contribution is 2.18. The van der Waals surface area contributed by atoms with Crippen LogP contribution in [0.5, 0.6) is 0 Å². The molecule has 1 aliphatic carbocycles. The lowest BCUT2D eigenvalue weighted by Crippen LogP contribution is -2.38. The zero-order chi connectivity index (χ0) is 15.4. The maximum atomic E-state index is 12.0. The molecule has 0 bridgehead atoms. The number of nitrogens with zero attached hydrogens (tertiary/aromatic N) is 2. The minimum absolute atomic E-state index is 0.116. The van der Waals surface area contributed by atoms with E-state index in [2.05, 4.69) is 15.7 Å². The Bertz CT molecular complexity index is 626. The van der Waals surface area contributed by atoms with Crippen LogP contribution in [0.4, 0.5) is 10.5 Å². The SMILES string of the molecule is Cc1ccn(-c2ccc(NC(=O)NC3CCCCC3)cc2)n1. The second-order valence-electron chi connectivity index (χ2n) is 5.88. The number of aromatic nitrogens is 2. The van der Waals surface area contributed by atoms with E-state index in [1.165, 1.54) is 19.3 Å². The van der Waals surface area contributed by atoms with Gasteiger partial charge in [0.15, 0.2) is 0 Å². The van der Waals surface area contributed by atoms with Gasteiger partial charge in [0.2, 0.25) is 0 Å². The fraction of sp³-hybridized carbons (Fsp3) is 0.412. The summed E-state index contributed by atoms with van der Waals surface area (Å²) in [6, 6.07) is 9.85. The Labute approximate surface area is 130 Å². The molecule has 2 amide bonds. The first-order valence-electron chi connectivity index (χ1n) is 7.91. The van der Waals surface area contributed by atoms with Crippen molar-refractivity contribution >= 4 is 11.7 Å². The zero-order valence-electron chi connectivity index (χ0n) is 12.9. The molecule has 0 aliphatic heterocycles. The van der Waals surface area contributed by atoms with E-state index >= 15 is 0 Å². The lowest BCUT2D eigenvalue weighted by molar-refractivity contribution is 0.244. The summed E-state index contributed by atoms with van der Waals surface area (Å²) in [6.07, 6.45) is 7.81. The number of rotatable bonds is 3. The van der Waals surface area contributed by atoms with Gasteiger partial charge in [-0.3, -0.25) is 0 Å². The van der Waals surface area contributed by atoms with Gasteiger partial charge in [0, 0.05) is 17.9 Å². The number of carbonyl (C=O) groups excluding carboxylic acids is 1. The summed E-state index contributed by atoms with van der Waals surface area (Å²) in [6.45, 7) is 1.96. The smallest absolute Gasteiger partial charge is 0.319 e. The van der Waals surface area contributed by atoms with Crippen LogP contribution in [-0.2, 0) is 0 Å². The van der Waals surface area contributed by atoms with Crippen LogP contribution in [-0.4, -0.2) is 21.9 Å². The highest BCUT2D eigenvalue weighted by atomic mass is 16.2. The number of amides is 2. The molecule has 1 aromatic carbocycles. The van der Waals surface area contributed by atoms with Crippen LogP contribution >= 0.6 is 0 Å². The second-order valence-corrected chi connectivity index (χ2v) is 5.88. The van der Waals surface area contributed by atoms with Gasteiger partial charge < -0.3 is 10.6 Å². The Balaban J connectivity index is 1.57. The monoisotopic (exact) mass is 298 g/mol. The van der Waals surface area contributed by atoms with Gasteiger partial charge in [0.05, 0.1) is 11.4 Å². The molecule has 5 nitrogen and oxygen atoms in total. The molecule has 0 saturated heterocycles. The number of anilines is 1. The van der Waals surface area contributed by atoms with Crippen molar-refractivity contribution in [3.8, 4) is 5.69 Å². The van der Waals surface area contributed by atoms with Crippen molar-refractivity contribution in [3.63, 3.8) is 0 Å². The van der Waals surface area contributed by atoms with Gasteiger partial charge in [-0.15, -0.1) is 0 Å². The molecule has 1 saturated carbocycles. The molecule has 2 aromatic rings. The van der Waals surface area contributed by atoms with Crippen molar-refractivity contribution in [1.29, 1.82) is 0 Å². The molecule has 1 heterocycles. The van der Waals surface area contributed by atoms with E-state index in [0.29, 0.717) is 6.04 Å². The third kappa shape index (κ3) is 3.67. The highest BCUT2D eigenvalue weighted by Gasteiger charge is 2.15. The first kappa shape index (κ1) is 14.6. The molecule has 2 N–H and O–H groups in total. The average Bonchev–Trinajstić information content (AvgIpc) is 2.95. The number of urea groups is 1. The van der Waals surface area contributed by atoms with Gasteiger partial charge in [-0.05, 0) is 50.1 Å². The molecule has 116 valence electrons. The van der Waals surface area contributed by atoms with E-state index < -0.39 is 0 Å². The third-order valence-corrected chi connectivity index (χ3v) is 4.05. The third-order valence-electron chi connectivity index (χ3n) is 4.05. The summed E-state index contributed by atoms with van der Waals surface area (Å²) < 4.78 is 1.82. The van der Waals surface area contributed by atoms with Crippen molar-refractivity contribution in [2.45, 2.75) is 45.1 Å². The van der Waals surface area contributed by atoms with Crippen LogP contribution in [0, 0.1) is 6.92 Å². The Kier molecular flexibility index (Phi) is 4.42. The Morgan fingerprint density at radius 3 is 2.50 bits per heavy atom. The lowest BCUT2D eigenvalue weighted by Gasteiger charge is -2.22. The average molecular weight is 298 g/mol. The van der Waals surface area contributed by atoms with Crippen molar-refractivity contribution in [2.24, 2.45) is 0 Å². The molecule has 1 fully saturated rings. The molecule has 22 heavy (non-hydrogen) atoms. The Hall–Kier alpha value is -2.30. The zero-order valence-corrected chi connectivity index (χ0v) is 12.9. The highest BCUT2D eigenvalue weighted by molar-refractivity contribution is 5.89. The molecule has 5 heteroatoms. The van der Waals surface area contributed by atoms with Gasteiger partial charge in [0.1, 0.15) is 0 Å². The quantitative estimate of drug-likeness (QED) is 0.909. The van der Waals surface area contributed by atoms with E-state index in [1.54, 1.807) is 0 Å². The largest absolute Gasteiger partial charge is 0.335 e. The fourth-order valence-electron chi connectivity index (χ4n) is 2.86. The predicted octanol–water partition coefficient (Wildman–Crippen LogP) is 3.63. The van der Waals surface area contributed by atoms with E-state index in [0.717, 1.165) is 29.9 Å². The number of benzene rings is 1. The maximum absolute atomic E-state index is 12.0. The van der Waals surface area contributed by atoms with E-state index in [9.17, 15) is 4.79 Å².